The van der Waals surface area contributed by atoms with E-state index in [1.165, 1.54) is 0 Å². The maximum absolute atomic E-state index is 13.0. The van der Waals surface area contributed by atoms with Gasteiger partial charge in [0.2, 0.25) is 0 Å². The van der Waals surface area contributed by atoms with Crippen molar-refractivity contribution in [1.82, 2.24) is 24.8 Å². The molecule has 5 aromatic rings. The maximum Gasteiger partial charge on any atom is 0.254 e. The first-order chi connectivity index (χ1) is 18.6. The second-order valence-electron chi connectivity index (χ2n) is 10.2. The van der Waals surface area contributed by atoms with E-state index >= 15 is 0 Å². The molecule has 6 heterocycles. The summed E-state index contributed by atoms with van der Waals surface area (Å²) in [7, 11) is 4.07. The quantitative estimate of drug-likeness (QED) is 0.332. The number of carbonyl (C=O) groups excluding carboxylic acids is 1. The van der Waals surface area contributed by atoms with Gasteiger partial charge in [-0.3, -0.25) is 4.79 Å². The molecule has 7 rings (SSSR count). The number of ether oxygens (including phenoxy) is 1. The van der Waals surface area contributed by atoms with Crippen molar-refractivity contribution in [2.24, 2.45) is 0 Å². The Kier molecular flexibility index (Phi) is 5.41. The zero-order valence-electron chi connectivity index (χ0n) is 21.3. The van der Waals surface area contributed by atoms with E-state index in [0.29, 0.717) is 24.5 Å². The molecule has 9 nitrogen and oxygen atoms in total. The first-order valence-corrected chi connectivity index (χ1v) is 12.9. The number of hydrogen-bond donors (Lipinski definition) is 2. The summed E-state index contributed by atoms with van der Waals surface area (Å²) in [6, 6.07) is 12.0. The van der Waals surface area contributed by atoms with Crippen LogP contribution in [0.1, 0.15) is 46.1 Å². The molecule has 0 saturated carbocycles. The minimum absolute atomic E-state index is 0.0911. The molecule has 1 amide bonds. The van der Waals surface area contributed by atoms with Crippen molar-refractivity contribution in [1.29, 1.82) is 0 Å². The first-order valence-electron chi connectivity index (χ1n) is 12.9. The number of furan rings is 1. The number of amides is 1. The lowest BCUT2D eigenvalue weighted by molar-refractivity contribution is 0.0966. The molecular formula is C29H28N6O3. The summed E-state index contributed by atoms with van der Waals surface area (Å²) in [6.45, 7) is 1.95. The van der Waals surface area contributed by atoms with Crippen molar-refractivity contribution in [3.05, 3.63) is 77.4 Å². The summed E-state index contributed by atoms with van der Waals surface area (Å²) < 4.78 is 13.4. The minimum atomic E-state index is -0.0984. The van der Waals surface area contributed by atoms with Crippen LogP contribution in [-0.4, -0.2) is 46.1 Å². The largest absolute Gasteiger partial charge is 0.464 e. The lowest BCUT2D eigenvalue weighted by atomic mass is 9.95. The molecule has 0 aliphatic carbocycles. The number of pyridine rings is 2. The van der Waals surface area contributed by atoms with Crippen molar-refractivity contribution in [2.45, 2.75) is 32.0 Å². The van der Waals surface area contributed by atoms with Crippen LogP contribution in [0.5, 0.6) is 0 Å². The van der Waals surface area contributed by atoms with Gasteiger partial charge >= 0.3 is 0 Å². The second-order valence-corrected chi connectivity index (χ2v) is 10.2. The van der Waals surface area contributed by atoms with E-state index in [9.17, 15) is 4.79 Å². The molecule has 1 fully saturated rings. The summed E-state index contributed by atoms with van der Waals surface area (Å²) in [6.07, 6.45) is 7.60. The highest BCUT2D eigenvalue weighted by atomic mass is 16.5. The molecule has 1 atom stereocenters. The number of rotatable bonds is 6. The highest BCUT2D eigenvalue weighted by molar-refractivity contribution is 6.08. The van der Waals surface area contributed by atoms with Gasteiger partial charge in [-0.1, -0.05) is 12.1 Å². The Morgan fingerprint density at radius 3 is 2.92 bits per heavy atom. The molecule has 9 heteroatoms. The molecule has 2 aliphatic rings. The molecule has 38 heavy (non-hydrogen) atoms. The Balaban J connectivity index is 1.29. The van der Waals surface area contributed by atoms with Gasteiger partial charge in [-0.25, -0.2) is 9.50 Å². The fourth-order valence-corrected chi connectivity index (χ4v) is 5.69. The number of aromatic nitrogens is 3. The molecule has 2 N–H and O–H groups in total. The first kappa shape index (κ1) is 22.9. The van der Waals surface area contributed by atoms with Gasteiger partial charge in [0.15, 0.2) is 0 Å². The lowest BCUT2D eigenvalue weighted by Crippen LogP contribution is -2.16. The zero-order valence-corrected chi connectivity index (χ0v) is 21.3. The number of hydrogen-bond acceptors (Lipinski definition) is 7. The van der Waals surface area contributed by atoms with Crippen LogP contribution in [0.3, 0.4) is 0 Å². The van der Waals surface area contributed by atoms with Gasteiger partial charge in [-0.05, 0) is 62.3 Å². The zero-order chi connectivity index (χ0) is 25.8. The topological polar surface area (TPSA) is 96.9 Å². The van der Waals surface area contributed by atoms with E-state index in [2.05, 4.69) is 32.8 Å². The molecule has 2 aliphatic heterocycles. The van der Waals surface area contributed by atoms with Gasteiger partial charge in [0.1, 0.15) is 11.4 Å². The van der Waals surface area contributed by atoms with E-state index < -0.39 is 0 Å². The lowest BCUT2D eigenvalue weighted by Gasteiger charge is -2.19. The standard InChI is InChI=1S/C29H28N6O3/c1-34(2)16-23-18(24-4-3-12-37-24)6-8-26(33-23)32-22-7-5-17(20-14-30-29(36)27(20)22)21-15-31-35-11-9-25-19(28(21)35)10-13-38-25/h5-11,13,15,24H,3-4,12,14,16H2,1-2H3,(H,30,36)(H,32,33)/t24-/m0/s1. The van der Waals surface area contributed by atoms with Crippen LogP contribution in [0.15, 0.2) is 59.5 Å². The van der Waals surface area contributed by atoms with E-state index in [-0.39, 0.29) is 12.0 Å². The minimum Gasteiger partial charge on any atom is -0.464 e. The molecular weight excluding hydrogens is 480 g/mol. The van der Waals surface area contributed by atoms with Gasteiger partial charge in [-0.15, -0.1) is 0 Å². The second kappa shape index (κ2) is 8.97. The van der Waals surface area contributed by atoms with E-state index in [4.69, 9.17) is 14.1 Å². The summed E-state index contributed by atoms with van der Waals surface area (Å²) >= 11 is 0. The van der Waals surface area contributed by atoms with Crippen LogP contribution in [-0.2, 0) is 17.8 Å². The normalized spacial score (nSPS) is 17.0. The average molecular weight is 509 g/mol. The van der Waals surface area contributed by atoms with Crippen LogP contribution in [0.2, 0.25) is 0 Å². The SMILES string of the molecule is CN(C)Cc1nc(Nc2ccc(-c3cnn4ccc5occc5c34)c3c2C(=O)NC3)ccc1[C@@H]1CCCO1. The highest BCUT2D eigenvalue weighted by Crippen LogP contribution is 2.39. The van der Waals surface area contributed by atoms with Gasteiger partial charge in [0.05, 0.1) is 41.0 Å². The van der Waals surface area contributed by atoms with Gasteiger partial charge in [-0.2, -0.15) is 5.10 Å². The number of nitrogens with zero attached hydrogens (tertiary/aromatic N) is 4. The van der Waals surface area contributed by atoms with Crippen molar-refractivity contribution < 1.29 is 13.9 Å². The molecule has 192 valence electrons. The molecule has 1 aromatic carbocycles. The Morgan fingerprint density at radius 2 is 2.08 bits per heavy atom. The van der Waals surface area contributed by atoms with Crippen LogP contribution in [0.25, 0.3) is 27.6 Å². The smallest absolute Gasteiger partial charge is 0.254 e. The third-order valence-corrected chi connectivity index (χ3v) is 7.38. The fourth-order valence-electron chi connectivity index (χ4n) is 5.69. The van der Waals surface area contributed by atoms with Crippen LogP contribution in [0.4, 0.5) is 11.5 Å². The van der Waals surface area contributed by atoms with Crippen LogP contribution in [0, 0.1) is 0 Å². The third kappa shape index (κ3) is 3.74. The highest BCUT2D eigenvalue weighted by Gasteiger charge is 2.28. The Bertz CT molecular complexity index is 1700. The third-order valence-electron chi connectivity index (χ3n) is 7.38. The molecule has 0 unspecified atom stereocenters. The van der Waals surface area contributed by atoms with Gasteiger partial charge in [0.25, 0.3) is 5.91 Å². The number of nitrogens with one attached hydrogen (secondary N) is 2. The number of anilines is 2. The average Bonchev–Trinajstić information content (AvgIpc) is 3.70. The van der Waals surface area contributed by atoms with Crippen molar-refractivity contribution in [3.63, 3.8) is 0 Å². The summed E-state index contributed by atoms with van der Waals surface area (Å²) in [5.41, 5.74) is 8.13. The Morgan fingerprint density at radius 1 is 1.16 bits per heavy atom. The van der Waals surface area contributed by atoms with Crippen molar-refractivity contribution in [3.8, 4) is 11.1 Å². The Labute approximate surface area is 219 Å². The Hall–Kier alpha value is -4.21. The van der Waals surface area contributed by atoms with E-state index in [1.807, 2.05) is 55.3 Å². The summed E-state index contributed by atoms with van der Waals surface area (Å²) in [5.74, 6) is 0.605. The van der Waals surface area contributed by atoms with Gasteiger partial charge in [0, 0.05) is 42.4 Å². The summed E-state index contributed by atoms with van der Waals surface area (Å²) in [4.78, 5) is 20.1. The molecule has 0 radical (unpaired) electrons. The number of fused-ring (bicyclic) bond motifs is 4. The summed E-state index contributed by atoms with van der Waals surface area (Å²) in [5, 5.41) is 12.0. The number of benzene rings is 1. The van der Waals surface area contributed by atoms with Crippen molar-refractivity contribution in [2.75, 3.05) is 26.0 Å². The molecule has 4 aromatic heterocycles. The van der Waals surface area contributed by atoms with Crippen LogP contribution < -0.4 is 10.6 Å². The van der Waals surface area contributed by atoms with Crippen LogP contribution >= 0.6 is 0 Å². The molecule has 0 bridgehead atoms. The van der Waals surface area contributed by atoms with Gasteiger partial charge < -0.3 is 24.7 Å². The predicted molar refractivity (Wildman–Crippen MR) is 144 cm³/mol. The molecule has 0 spiro atoms. The fraction of sp³-hybridized carbons (Fsp3) is 0.276. The monoisotopic (exact) mass is 508 g/mol. The predicted octanol–water partition coefficient (Wildman–Crippen LogP) is 5.04. The number of carbonyl (C=O) groups is 1. The molecule has 1 saturated heterocycles. The van der Waals surface area contributed by atoms with Crippen molar-refractivity contribution >= 4 is 33.9 Å². The van der Waals surface area contributed by atoms with E-state index in [1.54, 1.807) is 6.26 Å². The maximum atomic E-state index is 13.0. The van der Waals surface area contributed by atoms with E-state index in [0.717, 1.165) is 69.6 Å².